The van der Waals surface area contributed by atoms with Crippen LogP contribution in [-0.4, -0.2) is 82.3 Å². The van der Waals surface area contributed by atoms with E-state index in [2.05, 4.69) is 33.4 Å². The van der Waals surface area contributed by atoms with Crippen LogP contribution in [0.4, 0.5) is 0 Å². The number of nitrogens with zero attached hydrogens (tertiary/aromatic N) is 3. The molecule has 1 amide bonds. The highest BCUT2D eigenvalue weighted by molar-refractivity contribution is 5.85. The number of nitrogens with one attached hydrogen (secondary N) is 1. The van der Waals surface area contributed by atoms with Crippen molar-refractivity contribution < 1.29 is 14.3 Å². The van der Waals surface area contributed by atoms with Crippen molar-refractivity contribution in [2.45, 2.75) is 13.3 Å². The molecular formula is C21H32N4O3. The first-order chi connectivity index (χ1) is 13.5. The molecule has 7 heteroatoms. The Morgan fingerprint density at radius 2 is 2.04 bits per heavy atom. The monoisotopic (exact) mass is 388 g/mol. The highest BCUT2D eigenvalue weighted by atomic mass is 16.5. The van der Waals surface area contributed by atoms with Gasteiger partial charge in [-0.25, -0.2) is 4.99 Å². The van der Waals surface area contributed by atoms with Crippen LogP contribution >= 0.6 is 0 Å². The van der Waals surface area contributed by atoms with Crippen LogP contribution in [0.5, 0.6) is 5.75 Å². The molecule has 0 fully saturated rings. The summed E-state index contributed by atoms with van der Waals surface area (Å²) < 4.78 is 10.6. The number of likely N-dealkylation sites (N-methyl/N-ethyl adjacent to an activating group) is 1. The number of amides is 1. The van der Waals surface area contributed by atoms with Crippen LogP contribution < -0.4 is 10.1 Å². The Labute approximate surface area is 168 Å². The summed E-state index contributed by atoms with van der Waals surface area (Å²) in [5, 5.41) is 3.30. The van der Waals surface area contributed by atoms with Gasteiger partial charge in [0.25, 0.3) is 0 Å². The fourth-order valence-electron chi connectivity index (χ4n) is 2.87. The molecule has 0 aliphatic carbocycles. The number of aliphatic imine (C=N–C) groups is 1. The average Bonchev–Trinajstić information content (AvgIpc) is 2.71. The van der Waals surface area contributed by atoms with Crippen LogP contribution in [0.3, 0.4) is 0 Å². The number of methoxy groups -OCH3 is 1. The number of hydrogen-bond donors (Lipinski definition) is 1. The van der Waals surface area contributed by atoms with Crippen LogP contribution in [-0.2, 0) is 9.53 Å². The zero-order valence-corrected chi connectivity index (χ0v) is 17.4. The molecule has 154 valence electrons. The summed E-state index contributed by atoms with van der Waals surface area (Å²) in [4.78, 5) is 20.1. The second-order valence-electron chi connectivity index (χ2n) is 6.73. The summed E-state index contributed by atoms with van der Waals surface area (Å²) in [6.45, 7) is 5.61. The zero-order chi connectivity index (χ0) is 20.4. The quantitative estimate of drug-likeness (QED) is 0.418. The van der Waals surface area contributed by atoms with E-state index < -0.39 is 0 Å². The lowest BCUT2D eigenvalue weighted by atomic mass is 9.99. The molecule has 0 spiro atoms. The van der Waals surface area contributed by atoms with Crippen molar-refractivity contribution in [3.05, 3.63) is 35.9 Å². The summed E-state index contributed by atoms with van der Waals surface area (Å²) in [6.07, 6.45) is 3.14. The lowest BCUT2D eigenvalue weighted by molar-refractivity contribution is -0.127. The van der Waals surface area contributed by atoms with Crippen LogP contribution in [0.2, 0.25) is 0 Å². The number of rotatable bonds is 8. The molecule has 1 aliphatic rings. The van der Waals surface area contributed by atoms with Gasteiger partial charge in [0.15, 0.2) is 5.96 Å². The summed E-state index contributed by atoms with van der Waals surface area (Å²) in [5.41, 5.74) is 2.54. The molecule has 0 atom stereocenters. The van der Waals surface area contributed by atoms with Crippen molar-refractivity contribution in [3.8, 4) is 5.75 Å². The van der Waals surface area contributed by atoms with E-state index in [1.54, 1.807) is 26.1 Å². The highest BCUT2D eigenvalue weighted by Gasteiger charge is 2.17. The molecule has 0 aromatic heterocycles. The molecule has 7 nitrogen and oxygen atoms in total. The third kappa shape index (κ3) is 6.56. The number of benzene rings is 1. The lowest BCUT2D eigenvalue weighted by Crippen LogP contribution is -2.45. The maximum Gasteiger partial charge on any atom is 0.243 e. The van der Waals surface area contributed by atoms with Crippen molar-refractivity contribution in [2.75, 3.05) is 60.6 Å². The number of ether oxygens (including phenoxy) is 2. The molecule has 1 N–H and O–H groups in total. The maximum atomic E-state index is 11.9. The van der Waals surface area contributed by atoms with Gasteiger partial charge in [0, 0.05) is 40.8 Å². The Hall–Kier alpha value is -2.54. The number of carbonyl (C=O) groups is 1. The number of guanidine groups is 1. The summed E-state index contributed by atoms with van der Waals surface area (Å²) >= 11 is 0. The Balaban J connectivity index is 2.03. The minimum atomic E-state index is -0.0197. The van der Waals surface area contributed by atoms with Gasteiger partial charge in [0.2, 0.25) is 5.91 Å². The molecule has 28 heavy (non-hydrogen) atoms. The van der Waals surface area contributed by atoms with E-state index in [1.807, 2.05) is 19.1 Å². The van der Waals surface area contributed by atoms with E-state index in [4.69, 9.17) is 9.47 Å². The normalized spacial score (nSPS) is 14.5. The van der Waals surface area contributed by atoms with Crippen molar-refractivity contribution in [3.63, 3.8) is 0 Å². The average molecular weight is 389 g/mol. The Bertz CT molecular complexity index is 683. The molecule has 0 unspecified atom stereocenters. The molecule has 1 aromatic carbocycles. The molecule has 0 saturated carbocycles. The standard InChI is InChI=1S/C21H32N4O3/c1-5-28-19-8-6-17(7-9-19)18-10-13-25(14-11-18)21(22-12-15-27-4)23-16-20(26)24(2)3/h6-10H,5,11-16H2,1-4H3,(H,22,23). The minimum Gasteiger partial charge on any atom is -0.494 e. The van der Waals surface area contributed by atoms with Gasteiger partial charge >= 0.3 is 0 Å². The Kier molecular flexibility index (Phi) is 8.81. The highest BCUT2D eigenvalue weighted by Crippen LogP contribution is 2.24. The number of carbonyl (C=O) groups excluding carboxylic acids is 1. The molecule has 1 aromatic rings. The third-order valence-electron chi connectivity index (χ3n) is 4.50. The molecular weight excluding hydrogens is 356 g/mol. The van der Waals surface area contributed by atoms with Crippen LogP contribution in [0.15, 0.2) is 35.3 Å². The molecule has 0 saturated heterocycles. The molecule has 1 heterocycles. The van der Waals surface area contributed by atoms with E-state index in [-0.39, 0.29) is 12.5 Å². The third-order valence-corrected chi connectivity index (χ3v) is 4.50. The molecule has 2 rings (SSSR count). The van der Waals surface area contributed by atoms with Gasteiger partial charge in [0.1, 0.15) is 12.3 Å². The number of hydrogen-bond acceptors (Lipinski definition) is 4. The van der Waals surface area contributed by atoms with Gasteiger partial charge in [0.05, 0.1) is 13.2 Å². The van der Waals surface area contributed by atoms with Crippen molar-refractivity contribution in [1.82, 2.24) is 15.1 Å². The lowest BCUT2D eigenvalue weighted by Gasteiger charge is -2.30. The molecule has 1 aliphatic heterocycles. The second kappa shape index (κ2) is 11.3. The maximum absolute atomic E-state index is 11.9. The van der Waals surface area contributed by atoms with Gasteiger partial charge in [-0.1, -0.05) is 18.2 Å². The zero-order valence-electron chi connectivity index (χ0n) is 17.4. The Morgan fingerprint density at radius 1 is 1.29 bits per heavy atom. The minimum absolute atomic E-state index is 0.0197. The van der Waals surface area contributed by atoms with Crippen LogP contribution in [0, 0.1) is 0 Å². The Morgan fingerprint density at radius 3 is 2.61 bits per heavy atom. The molecule has 0 radical (unpaired) electrons. The van der Waals surface area contributed by atoms with E-state index in [0.29, 0.717) is 19.8 Å². The fourth-order valence-corrected chi connectivity index (χ4v) is 2.87. The van der Waals surface area contributed by atoms with Crippen LogP contribution in [0.25, 0.3) is 5.57 Å². The largest absolute Gasteiger partial charge is 0.494 e. The van der Waals surface area contributed by atoms with Crippen LogP contribution in [0.1, 0.15) is 18.9 Å². The van der Waals surface area contributed by atoms with E-state index >= 15 is 0 Å². The first kappa shape index (κ1) is 21.8. The van der Waals surface area contributed by atoms with Gasteiger partial charge in [-0.3, -0.25) is 4.79 Å². The smallest absolute Gasteiger partial charge is 0.243 e. The first-order valence-corrected chi connectivity index (χ1v) is 9.69. The van der Waals surface area contributed by atoms with Crippen molar-refractivity contribution in [2.24, 2.45) is 4.99 Å². The summed E-state index contributed by atoms with van der Waals surface area (Å²) in [6, 6.07) is 8.23. The second-order valence-corrected chi connectivity index (χ2v) is 6.73. The van der Waals surface area contributed by atoms with Gasteiger partial charge in [-0.15, -0.1) is 0 Å². The van der Waals surface area contributed by atoms with E-state index in [9.17, 15) is 4.79 Å². The SMILES string of the molecule is CCOc1ccc(C2=CCN(C(=NCC(=O)N(C)C)NCCOC)CC2)cc1. The van der Waals surface area contributed by atoms with E-state index in [0.717, 1.165) is 31.2 Å². The van der Waals surface area contributed by atoms with Gasteiger partial charge in [-0.05, 0) is 36.6 Å². The van der Waals surface area contributed by atoms with E-state index in [1.165, 1.54) is 11.1 Å². The predicted octanol–water partition coefficient (Wildman–Crippen LogP) is 1.85. The molecule has 0 bridgehead atoms. The van der Waals surface area contributed by atoms with Gasteiger partial charge < -0.3 is 24.6 Å². The summed E-state index contributed by atoms with van der Waals surface area (Å²) in [5.74, 6) is 1.62. The topological polar surface area (TPSA) is 66.4 Å². The first-order valence-electron chi connectivity index (χ1n) is 9.69. The summed E-state index contributed by atoms with van der Waals surface area (Å²) in [7, 11) is 5.14. The fraction of sp³-hybridized carbons (Fsp3) is 0.524. The van der Waals surface area contributed by atoms with Gasteiger partial charge in [-0.2, -0.15) is 0 Å². The van der Waals surface area contributed by atoms with Crippen molar-refractivity contribution >= 4 is 17.4 Å². The predicted molar refractivity (Wildman–Crippen MR) is 113 cm³/mol. The van der Waals surface area contributed by atoms with Crippen molar-refractivity contribution in [1.29, 1.82) is 0 Å².